The van der Waals surface area contributed by atoms with Crippen LogP contribution in [-0.2, 0) is 52.5 Å². The van der Waals surface area contributed by atoms with Crippen molar-refractivity contribution in [1.82, 2.24) is 39.8 Å². The Balaban J connectivity index is 1.31. The number of aryl methyl sites for hydroxylation is 1. The highest BCUT2D eigenvalue weighted by Gasteiger charge is 2.68. The van der Waals surface area contributed by atoms with Gasteiger partial charge in [-0.15, -0.1) is 0 Å². The molecule has 6 aromatic rings. The zero-order valence-corrected chi connectivity index (χ0v) is 32.2. The van der Waals surface area contributed by atoms with Crippen LogP contribution in [0, 0.1) is 17.6 Å². The van der Waals surface area contributed by atoms with Crippen LogP contribution < -0.4 is 10.0 Å². The van der Waals surface area contributed by atoms with Crippen LogP contribution in [-0.4, -0.2) is 60.2 Å². The summed E-state index contributed by atoms with van der Waals surface area (Å²) in [4.78, 5) is 26.1. The van der Waals surface area contributed by atoms with Crippen LogP contribution in [0.15, 0.2) is 36.4 Å². The number of alkyl halides is 5. The molecule has 0 spiro atoms. The first-order valence-corrected chi connectivity index (χ1v) is 19.7. The molecule has 4 aromatic heterocycles. The number of anilines is 1. The van der Waals surface area contributed by atoms with Crippen molar-refractivity contribution in [3.8, 4) is 11.1 Å². The fourth-order valence-electron chi connectivity index (χ4n) is 7.72. The summed E-state index contributed by atoms with van der Waals surface area (Å²) in [5.74, 6) is -9.23. The maximum Gasteiger partial charge on any atom is 0.435 e. The molecule has 4 N–H and O–H groups in total. The molecule has 1 amide bonds. The first-order chi connectivity index (χ1) is 26.9. The van der Waals surface area contributed by atoms with Gasteiger partial charge in [-0.3, -0.25) is 18.9 Å². The van der Waals surface area contributed by atoms with E-state index in [4.69, 9.17) is 16.6 Å². The monoisotopic (exact) mass is 853 g/mol. The molecular formula is C36H31ClF7N9O4S. The number of rotatable bonds is 10. The summed E-state index contributed by atoms with van der Waals surface area (Å²) in [7, 11) is -2.37. The number of imidazole rings is 1. The molecule has 306 valence electrons. The number of nitrogens with one attached hydrogen (secondary N) is 3. The minimum Gasteiger partial charge on any atom is -0.383 e. The third kappa shape index (κ3) is 6.91. The van der Waals surface area contributed by atoms with Gasteiger partial charge in [-0.1, -0.05) is 17.7 Å². The van der Waals surface area contributed by atoms with Crippen molar-refractivity contribution in [2.24, 2.45) is 13.0 Å². The molecule has 2 aliphatic rings. The van der Waals surface area contributed by atoms with E-state index in [-0.39, 0.29) is 67.5 Å². The Kier molecular flexibility index (Phi) is 8.94. The molecule has 13 nitrogen and oxygen atoms in total. The number of aromatic amines is 1. The lowest BCUT2D eigenvalue weighted by Gasteiger charge is -2.23. The topological polar surface area (TPSA) is 173 Å². The zero-order valence-electron chi connectivity index (χ0n) is 30.6. The second kappa shape index (κ2) is 13.1. The van der Waals surface area contributed by atoms with Crippen LogP contribution in [0.2, 0.25) is 5.02 Å². The smallest absolute Gasteiger partial charge is 0.383 e. The summed E-state index contributed by atoms with van der Waals surface area (Å²) < 4.78 is 131. The Morgan fingerprint density at radius 1 is 1.09 bits per heavy atom. The summed E-state index contributed by atoms with van der Waals surface area (Å²) in [6.45, 7) is 1.80. The summed E-state index contributed by atoms with van der Waals surface area (Å²) in [5, 5.41) is 21.4. The molecule has 0 saturated heterocycles. The molecule has 0 radical (unpaired) electrons. The maximum absolute atomic E-state index is 15.4. The molecule has 58 heavy (non-hydrogen) atoms. The number of nitrogens with zero attached hydrogens (tertiary/aromatic N) is 6. The lowest BCUT2D eigenvalue weighted by Crippen LogP contribution is -2.35. The first-order valence-electron chi connectivity index (χ1n) is 17.5. The number of halogens is 8. The van der Waals surface area contributed by atoms with Crippen LogP contribution >= 0.6 is 11.6 Å². The Labute approximate surface area is 328 Å². The second-order valence-electron chi connectivity index (χ2n) is 15.0. The van der Waals surface area contributed by atoms with Gasteiger partial charge in [0.1, 0.15) is 35.3 Å². The number of carbonyl (C=O) groups is 1. The van der Waals surface area contributed by atoms with Gasteiger partial charge in [-0.25, -0.2) is 27.2 Å². The average molecular weight is 854 g/mol. The van der Waals surface area contributed by atoms with E-state index in [1.807, 2.05) is 0 Å². The fourth-order valence-corrected chi connectivity index (χ4v) is 8.45. The largest absolute Gasteiger partial charge is 0.435 e. The highest BCUT2D eigenvalue weighted by atomic mass is 35.5. The molecule has 1 unspecified atom stereocenters. The van der Waals surface area contributed by atoms with Gasteiger partial charge >= 0.3 is 6.18 Å². The van der Waals surface area contributed by atoms with E-state index in [0.717, 1.165) is 18.4 Å². The number of hydrogen-bond donors (Lipinski definition) is 4. The predicted molar refractivity (Wildman–Crippen MR) is 195 cm³/mol. The number of hydrogen-bond acceptors (Lipinski definition) is 8. The van der Waals surface area contributed by atoms with Gasteiger partial charge < -0.3 is 15.4 Å². The molecule has 2 aliphatic carbocycles. The number of sulfonamides is 1. The molecule has 22 heteroatoms. The van der Waals surface area contributed by atoms with E-state index < -0.39 is 93.1 Å². The maximum atomic E-state index is 15.4. The molecule has 8 rings (SSSR count). The highest BCUT2D eigenvalue weighted by Crippen LogP contribution is 2.68. The number of H-pyrrole nitrogens is 1. The number of pyridine rings is 1. The van der Waals surface area contributed by atoms with E-state index in [9.17, 15) is 40.3 Å². The van der Waals surface area contributed by atoms with E-state index in [1.54, 1.807) is 0 Å². The number of aliphatic hydroxyl groups is 1. The van der Waals surface area contributed by atoms with Crippen molar-refractivity contribution in [2.45, 2.75) is 62.9 Å². The van der Waals surface area contributed by atoms with Crippen LogP contribution in [0.25, 0.3) is 33.2 Å². The van der Waals surface area contributed by atoms with Crippen molar-refractivity contribution in [1.29, 1.82) is 0 Å². The van der Waals surface area contributed by atoms with E-state index in [2.05, 4.69) is 30.2 Å². The standard InChI is InChI=1S/C36H31ClF7N9O4S/c1-34(2,55)33-46-23-12-18(17-5-6-21(37)26-28(17)52(3)50-32(26)51-58(4,56)57)27(47-31(23)48-33)22(9-14-7-15(38)10-16(39)8-14)45-24(54)13-53-30-25(29(49-53)36(42,43)44)19-11-20(19)35(30,40)41/h5-8,10,12,19-20,22,55H,9,11,13H2,1-4H3,(H,45,54)(H,50,51)(H,46,47,48)/t19?,20-,22+/m1/s1. The third-order valence-corrected chi connectivity index (χ3v) is 11.0. The predicted octanol–water partition coefficient (Wildman–Crippen LogP) is 6.57. The van der Waals surface area contributed by atoms with Crippen molar-refractivity contribution >= 4 is 55.4 Å². The van der Waals surface area contributed by atoms with Crippen molar-refractivity contribution in [3.05, 3.63) is 87.1 Å². The third-order valence-electron chi connectivity index (χ3n) is 10.1. The first kappa shape index (κ1) is 39.5. The summed E-state index contributed by atoms with van der Waals surface area (Å²) >= 11 is 6.59. The minimum atomic E-state index is -5.09. The molecule has 0 aliphatic heterocycles. The zero-order chi connectivity index (χ0) is 42.0. The van der Waals surface area contributed by atoms with Crippen molar-refractivity contribution in [2.75, 3.05) is 11.0 Å². The molecule has 0 bridgehead atoms. The molecule has 1 saturated carbocycles. The van der Waals surface area contributed by atoms with Crippen molar-refractivity contribution in [3.63, 3.8) is 0 Å². The lowest BCUT2D eigenvalue weighted by atomic mass is 9.94. The number of aromatic nitrogens is 7. The molecule has 2 aromatic carbocycles. The minimum absolute atomic E-state index is 0.00576. The molecule has 1 fully saturated rings. The number of carbonyl (C=O) groups excluding carboxylic acids is 1. The van der Waals surface area contributed by atoms with Gasteiger partial charge in [0.2, 0.25) is 15.9 Å². The summed E-state index contributed by atoms with van der Waals surface area (Å²) in [6, 6.07) is 5.68. The lowest BCUT2D eigenvalue weighted by molar-refractivity contribution is -0.142. The Hall–Kier alpha value is -5.28. The van der Waals surface area contributed by atoms with Gasteiger partial charge in [0.15, 0.2) is 17.2 Å². The fraction of sp³-hybridized carbons (Fsp3) is 0.361. The van der Waals surface area contributed by atoms with Crippen LogP contribution in [0.3, 0.4) is 0 Å². The van der Waals surface area contributed by atoms with Crippen molar-refractivity contribution < 1.29 is 49.1 Å². The Morgan fingerprint density at radius 2 is 1.78 bits per heavy atom. The van der Waals surface area contributed by atoms with Crippen LogP contribution in [0.5, 0.6) is 0 Å². The van der Waals surface area contributed by atoms with Gasteiger partial charge in [0, 0.05) is 35.7 Å². The van der Waals surface area contributed by atoms with E-state index in [0.29, 0.717) is 10.7 Å². The molecule has 3 atom stereocenters. The average Bonchev–Trinajstić information content (AvgIpc) is 3.33. The van der Waals surface area contributed by atoms with Gasteiger partial charge in [0.05, 0.1) is 39.4 Å². The van der Waals surface area contributed by atoms with Gasteiger partial charge in [-0.05, 0) is 62.4 Å². The van der Waals surface area contributed by atoms with Crippen LogP contribution in [0.1, 0.15) is 66.3 Å². The normalized spacial score (nSPS) is 18.1. The Morgan fingerprint density at radius 3 is 2.41 bits per heavy atom. The van der Waals surface area contributed by atoms with Gasteiger partial charge in [0.25, 0.3) is 5.92 Å². The number of amides is 1. The van der Waals surface area contributed by atoms with E-state index >= 15 is 8.78 Å². The van der Waals surface area contributed by atoms with E-state index in [1.165, 1.54) is 43.8 Å². The summed E-state index contributed by atoms with van der Waals surface area (Å²) in [6.07, 6.45) is -4.75. The number of fused-ring (bicyclic) bond motifs is 5. The Bertz CT molecular complexity index is 2790. The number of benzene rings is 2. The SMILES string of the molecule is Cn1nc(NS(C)(=O)=O)c2c(Cl)ccc(-c3cc4[nH]c(C(C)(C)O)nc4nc3[C@H](Cc3cc(F)cc(F)c3)NC(=O)Cn3nc(C(F)(F)F)c4c3C(F)(F)[C@@H]3CC43)c21. The summed E-state index contributed by atoms with van der Waals surface area (Å²) in [5.41, 5.74) is -3.77. The van der Waals surface area contributed by atoms with Gasteiger partial charge in [-0.2, -0.15) is 32.1 Å². The highest BCUT2D eigenvalue weighted by molar-refractivity contribution is 7.92. The molecule has 4 heterocycles. The second-order valence-corrected chi connectivity index (χ2v) is 17.2. The quantitative estimate of drug-likeness (QED) is 0.112. The van der Waals surface area contributed by atoms with Crippen LogP contribution in [0.4, 0.5) is 36.6 Å². The molecular weight excluding hydrogens is 823 g/mol.